The Morgan fingerprint density at radius 2 is 1.89 bits per heavy atom. The molecule has 0 saturated heterocycles. The van der Waals surface area contributed by atoms with Crippen LogP contribution in [0.1, 0.15) is 42.1 Å². The highest BCUT2D eigenvalue weighted by atomic mass is 19.4. The summed E-state index contributed by atoms with van der Waals surface area (Å²) in [5.41, 5.74) is 2.16. The number of hydrogen-bond acceptors (Lipinski definition) is 3. The number of hydrogen-bond donors (Lipinski definition) is 1. The summed E-state index contributed by atoms with van der Waals surface area (Å²) >= 11 is 0. The number of fused-ring (bicyclic) bond motifs is 1. The lowest BCUT2D eigenvalue weighted by molar-refractivity contribution is -0.137. The van der Waals surface area contributed by atoms with E-state index in [1.807, 2.05) is 18.2 Å². The number of ether oxygens (including phenoxy) is 1. The SMILES string of the molecule is CCN(CC)CCOc1ccc2c(c1)CCNC2c1cccc(C(F)(F)F)c1. The summed E-state index contributed by atoms with van der Waals surface area (Å²) in [5, 5.41) is 3.35. The summed E-state index contributed by atoms with van der Waals surface area (Å²) in [6.45, 7) is 8.46. The quantitative estimate of drug-likeness (QED) is 0.742. The number of alkyl halides is 3. The topological polar surface area (TPSA) is 24.5 Å². The summed E-state index contributed by atoms with van der Waals surface area (Å²) in [6, 6.07) is 11.2. The van der Waals surface area contributed by atoms with Crippen molar-refractivity contribution in [3.8, 4) is 5.75 Å². The highest BCUT2D eigenvalue weighted by Crippen LogP contribution is 2.35. The van der Waals surface area contributed by atoms with Gasteiger partial charge in [0.25, 0.3) is 0 Å². The van der Waals surface area contributed by atoms with Gasteiger partial charge in [0.05, 0.1) is 11.6 Å². The van der Waals surface area contributed by atoms with E-state index in [9.17, 15) is 13.2 Å². The van der Waals surface area contributed by atoms with Crippen molar-refractivity contribution < 1.29 is 17.9 Å². The van der Waals surface area contributed by atoms with Gasteiger partial charge in [0.15, 0.2) is 0 Å². The molecule has 1 atom stereocenters. The van der Waals surface area contributed by atoms with Crippen LogP contribution < -0.4 is 10.1 Å². The van der Waals surface area contributed by atoms with Crippen molar-refractivity contribution in [2.45, 2.75) is 32.5 Å². The molecule has 0 saturated carbocycles. The molecule has 0 fully saturated rings. The van der Waals surface area contributed by atoms with E-state index in [0.29, 0.717) is 12.2 Å². The summed E-state index contributed by atoms with van der Waals surface area (Å²) in [5.74, 6) is 0.815. The molecule has 1 aliphatic rings. The average molecular weight is 392 g/mol. The van der Waals surface area contributed by atoms with Crippen molar-refractivity contribution >= 4 is 0 Å². The van der Waals surface area contributed by atoms with E-state index in [4.69, 9.17) is 4.74 Å². The molecule has 1 aliphatic heterocycles. The summed E-state index contributed by atoms with van der Waals surface area (Å²) in [6.07, 6.45) is -3.51. The lowest BCUT2D eigenvalue weighted by atomic mass is 9.89. The Morgan fingerprint density at radius 1 is 1.11 bits per heavy atom. The molecule has 0 aromatic heterocycles. The van der Waals surface area contributed by atoms with Gasteiger partial charge < -0.3 is 15.0 Å². The monoisotopic (exact) mass is 392 g/mol. The van der Waals surface area contributed by atoms with E-state index in [1.165, 1.54) is 12.1 Å². The predicted molar refractivity (Wildman–Crippen MR) is 105 cm³/mol. The third-order valence-electron chi connectivity index (χ3n) is 5.29. The number of nitrogens with one attached hydrogen (secondary N) is 1. The molecule has 0 aliphatic carbocycles. The third-order valence-corrected chi connectivity index (χ3v) is 5.29. The minimum atomic E-state index is -4.34. The van der Waals surface area contributed by atoms with Crippen LogP contribution in [0.4, 0.5) is 13.2 Å². The standard InChI is InChI=1S/C22H27F3N2O/c1-3-27(4-2)12-13-28-19-8-9-20-16(15-19)10-11-26-21(20)17-6-5-7-18(14-17)22(23,24)25/h5-9,14-15,21,26H,3-4,10-13H2,1-2H3. The fourth-order valence-electron chi connectivity index (χ4n) is 3.66. The van der Waals surface area contributed by atoms with Gasteiger partial charge in [-0.25, -0.2) is 0 Å². The maximum Gasteiger partial charge on any atom is 0.416 e. The molecule has 28 heavy (non-hydrogen) atoms. The number of likely N-dealkylation sites (N-methyl/N-ethyl adjacent to an activating group) is 1. The Labute approximate surface area is 164 Å². The second-order valence-corrected chi connectivity index (χ2v) is 7.00. The van der Waals surface area contributed by atoms with Gasteiger partial charge in [-0.3, -0.25) is 0 Å². The van der Waals surface area contributed by atoms with Crippen LogP contribution in [0.3, 0.4) is 0 Å². The Balaban J connectivity index is 1.76. The molecule has 1 unspecified atom stereocenters. The molecule has 1 heterocycles. The summed E-state index contributed by atoms with van der Waals surface area (Å²) in [7, 11) is 0. The van der Waals surface area contributed by atoms with Gasteiger partial charge in [0.1, 0.15) is 12.4 Å². The first kappa shape index (κ1) is 20.7. The summed E-state index contributed by atoms with van der Waals surface area (Å²) < 4.78 is 45.1. The number of benzene rings is 2. The maximum absolute atomic E-state index is 13.1. The van der Waals surface area contributed by atoms with Crippen molar-refractivity contribution in [2.24, 2.45) is 0 Å². The van der Waals surface area contributed by atoms with Crippen LogP contribution in [0.25, 0.3) is 0 Å². The van der Waals surface area contributed by atoms with Crippen LogP contribution in [0, 0.1) is 0 Å². The highest BCUT2D eigenvalue weighted by molar-refractivity contribution is 5.44. The molecule has 6 heteroatoms. The molecule has 1 N–H and O–H groups in total. The lowest BCUT2D eigenvalue weighted by Crippen LogP contribution is -2.31. The van der Waals surface area contributed by atoms with Crippen molar-refractivity contribution in [3.05, 3.63) is 64.7 Å². The van der Waals surface area contributed by atoms with Gasteiger partial charge >= 0.3 is 6.18 Å². The molecule has 0 spiro atoms. The smallest absolute Gasteiger partial charge is 0.416 e. The molecular formula is C22H27F3N2O. The second kappa shape index (κ2) is 8.97. The van der Waals surface area contributed by atoms with E-state index in [0.717, 1.165) is 55.5 Å². The van der Waals surface area contributed by atoms with E-state index >= 15 is 0 Å². The van der Waals surface area contributed by atoms with Gasteiger partial charge in [-0.15, -0.1) is 0 Å². The van der Waals surface area contributed by atoms with Crippen LogP contribution in [-0.2, 0) is 12.6 Å². The normalized spacial score (nSPS) is 16.9. The van der Waals surface area contributed by atoms with Crippen LogP contribution in [0.5, 0.6) is 5.75 Å². The Kier molecular flexibility index (Phi) is 6.62. The number of rotatable bonds is 7. The third kappa shape index (κ3) is 4.86. The van der Waals surface area contributed by atoms with Gasteiger partial charge in [-0.2, -0.15) is 13.2 Å². The first-order valence-electron chi connectivity index (χ1n) is 9.81. The molecule has 2 aromatic rings. The minimum Gasteiger partial charge on any atom is -0.492 e. The fourth-order valence-corrected chi connectivity index (χ4v) is 3.66. The summed E-state index contributed by atoms with van der Waals surface area (Å²) in [4.78, 5) is 2.30. The maximum atomic E-state index is 13.1. The van der Waals surface area contributed by atoms with Gasteiger partial charge in [-0.05, 0) is 60.5 Å². The minimum absolute atomic E-state index is 0.240. The van der Waals surface area contributed by atoms with E-state index in [-0.39, 0.29) is 6.04 Å². The zero-order valence-electron chi connectivity index (χ0n) is 16.4. The van der Waals surface area contributed by atoms with E-state index < -0.39 is 11.7 Å². The average Bonchev–Trinajstić information content (AvgIpc) is 2.70. The van der Waals surface area contributed by atoms with E-state index in [2.05, 4.69) is 24.1 Å². The van der Waals surface area contributed by atoms with Crippen molar-refractivity contribution in [3.63, 3.8) is 0 Å². The van der Waals surface area contributed by atoms with Crippen LogP contribution >= 0.6 is 0 Å². The number of halogens is 3. The van der Waals surface area contributed by atoms with Gasteiger partial charge in [0.2, 0.25) is 0 Å². The first-order chi connectivity index (χ1) is 13.4. The molecule has 3 rings (SSSR count). The van der Waals surface area contributed by atoms with Crippen LogP contribution in [0.2, 0.25) is 0 Å². The van der Waals surface area contributed by atoms with Gasteiger partial charge in [-0.1, -0.05) is 32.0 Å². The Bertz CT molecular complexity index is 788. The molecule has 0 amide bonds. The molecule has 0 radical (unpaired) electrons. The highest BCUT2D eigenvalue weighted by Gasteiger charge is 2.31. The number of nitrogens with zero attached hydrogens (tertiary/aromatic N) is 1. The Hall–Kier alpha value is -2.05. The second-order valence-electron chi connectivity index (χ2n) is 7.00. The Morgan fingerprint density at radius 3 is 2.61 bits per heavy atom. The van der Waals surface area contributed by atoms with Crippen molar-refractivity contribution in [1.82, 2.24) is 10.2 Å². The molecular weight excluding hydrogens is 365 g/mol. The van der Waals surface area contributed by atoms with E-state index in [1.54, 1.807) is 6.07 Å². The van der Waals surface area contributed by atoms with Crippen molar-refractivity contribution in [1.29, 1.82) is 0 Å². The van der Waals surface area contributed by atoms with Crippen LogP contribution in [0.15, 0.2) is 42.5 Å². The van der Waals surface area contributed by atoms with Crippen LogP contribution in [-0.4, -0.2) is 37.7 Å². The molecule has 152 valence electrons. The van der Waals surface area contributed by atoms with Gasteiger partial charge in [0, 0.05) is 13.1 Å². The zero-order chi connectivity index (χ0) is 20.1. The molecule has 3 nitrogen and oxygen atoms in total. The molecule has 0 bridgehead atoms. The van der Waals surface area contributed by atoms with Crippen molar-refractivity contribution in [2.75, 3.05) is 32.8 Å². The lowest BCUT2D eigenvalue weighted by Gasteiger charge is -2.28. The first-order valence-corrected chi connectivity index (χ1v) is 9.81. The zero-order valence-corrected chi connectivity index (χ0v) is 16.4. The largest absolute Gasteiger partial charge is 0.492 e. The fraction of sp³-hybridized carbons (Fsp3) is 0.455. The predicted octanol–water partition coefficient (Wildman–Crippen LogP) is 4.66. The molecule has 2 aromatic carbocycles.